The SMILES string of the molecule is C=CCNC(=O)[C@@H](C)Sc1nnc(N(C(=O)CC)C2CC2)s1. The Morgan fingerprint density at radius 2 is 2.27 bits per heavy atom. The van der Waals surface area contributed by atoms with Gasteiger partial charge < -0.3 is 5.32 Å². The van der Waals surface area contributed by atoms with Crippen molar-refractivity contribution in [2.24, 2.45) is 0 Å². The first-order valence-electron chi connectivity index (χ1n) is 7.27. The number of nitrogens with one attached hydrogen (secondary N) is 1. The van der Waals surface area contributed by atoms with E-state index in [0.29, 0.717) is 22.4 Å². The molecule has 1 saturated carbocycles. The van der Waals surface area contributed by atoms with Crippen molar-refractivity contribution in [3.05, 3.63) is 12.7 Å². The first-order valence-corrected chi connectivity index (χ1v) is 8.97. The van der Waals surface area contributed by atoms with Crippen molar-refractivity contribution in [2.45, 2.75) is 48.7 Å². The average Bonchev–Trinajstić information content (AvgIpc) is 3.24. The number of carbonyl (C=O) groups is 2. The third-order valence-corrected chi connectivity index (χ3v) is 5.26. The molecule has 22 heavy (non-hydrogen) atoms. The molecule has 0 spiro atoms. The molecule has 0 aromatic carbocycles. The summed E-state index contributed by atoms with van der Waals surface area (Å²) in [5.74, 6) is 0.0114. The van der Waals surface area contributed by atoms with Crippen LogP contribution in [0.3, 0.4) is 0 Å². The number of amides is 2. The van der Waals surface area contributed by atoms with E-state index in [1.54, 1.807) is 11.0 Å². The van der Waals surface area contributed by atoms with E-state index >= 15 is 0 Å². The van der Waals surface area contributed by atoms with Gasteiger partial charge in [0.2, 0.25) is 16.9 Å². The number of hydrogen-bond acceptors (Lipinski definition) is 6. The van der Waals surface area contributed by atoms with Crippen molar-refractivity contribution < 1.29 is 9.59 Å². The molecule has 1 aromatic rings. The number of carbonyl (C=O) groups excluding carboxylic acids is 2. The first kappa shape index (κ1) is 17.0. The highest BCUT2D eigenvalue weighted by Crippen LogP contribution is 2.37. The molecule has 0 radical (unpaired) electrons. The summed E-state index contributed by atoms with van der Waals surface area (Å²) in [6, 6.07) is 0.270. The maximum absolute atomic E-state index is 12.0. The van der Waals surface area contributed by atoms with Gasteiger partial charge in [-0.3, -0.25) is 14.5 Å². The number of nitrogens with zero attached hydrogens (tertiary/aromatic N) is 3. The van der Waals surface area contributed by atoms with Gasteiger partial charge >= 0.3 is 0 Å². The van der Waals surface area contributed by atoms with Crippen molar-refractivity contribution >= 4 is 40.0 Å². The smallest absolute Gasteiger partial charge is 0.233 e. The molecule has 0 unspecified atom stereocenters. The van der Waals surface area contributed by atoms with E-state index < -0.39 is 0 Å². The van der Waals surface area contributed by atoms with Crippen molar-refractivity contribution in [3.8, 4) is 0 Å². The van der Waals surface area contributed by atoms with E-state index in [4.69, 9.17) is 0 Å². The number of rotatable bonds is 8. The van der Waals surface area contributed by atoms with Crippen LogP contribution < -0.4 is 10.2 Å². The highest BCUT2D eigenvalue weighted by molar-refractivity contribution is 8.02. The fourth-order valence-corrected chi connectivity index (χ4v) is 3.94. The fraction of sp³-hybridized carbons (Fsp3) is 0.571. The van der Waals surface area contributed by atoms with Crippen molar-refractivity contribution in [2.75, 3.05) is 11.4 Å². The minimum absolute atomic E-state index is 0.0645. The maximum atomic E-state index is 12.0. The monoisotopic (exact) mass is 340 g/mol. The van der Waals surface area contributed by atoms with Gasteiger partial charge in [-0.1, -0.05) is 36.1 Å². The lowest BCUT2D eigenvalue weighted by molar-refractivity contribution is -0.120. The molecule has 1 aliphatic carbocycles. The quantitative estimate of drug-likeness (QED) is 0.446. The van der Waals surface area contributed by atoms with Gasteiger partial charge in [-0.05, 0) is 19.8 Å². The summed E-state index contributed by atoms with van der Waals surface area (Å²) in [5.41, 5.74) is 0. The van der Waals surface area contributed by atoms with E-state index in [2.05, 4.69) is 22.1 Å². The Kier molecular flexibility index (Phi) is 5.96. The van der Waals surface area contributed by atoms with Crippen molar-refractivity contribution in [3.63, 3.8) is 0 Å². The minimum Gasteiger partial charge on any atom is -0.352 e. The second-order valence-electron chi connectivity index (χ2n) is 4.99. The third-order valence-electron chi connectivity index (χ3n) is 3.15. The summed E-state index contributed by atoms with van der Waals surface area (Å²) in [7, 11) is 0. The Balaban J connectivity index is 1.99. The van der Waals surface area contributed by atoms with Crippen LogP contribution in [-0.2, 0) is 9.59 Å². The van der Waals surface area contributed by atoms with Gasteiger partial charge in [0.1, 0.15) is 0 Å². The van der Waals surface area contributed by atoms with Crippen LogP contribution in [-0.4, -0.2) is 39.8 Å². The Bertz CT molecular complexity index is 557. The summed E-state index contributed by atoms with van der Waals surface area (Å²) >= 11 is 2.72. The molecule has 1 N–H and O–H groups in total. The van der Waals surface area contributed by atoms with Crippen LogP contribution in [0.5, 0.6) is 0 Å². The second-order valence-corrected chi connectivity index (χ2v) is 7.54. The summed E-state index contributed by atoms with van der Waals surface area (Å²) in [4.78, 5) is 25.6. The zero-order chi connectivity index (χ0) is 16.1. The zero-order valence-electron chi connectivity index (χ0n) is 12.7. The number of hydrogen-bond donors (Lipinski definition) is 1. The van der Waals surface area contributed by atoms with Gasteiger partial charge in [-0.25, -0.2) is 0 Å². The molecule has 120 valence electrons. The predicted octanol–water partition coefficient (Wildman–Crippen LogP) is 2.23. The molecule has 0 saturated heterocycles. The lowest BCUT2D eigenvalue weighted by Gasteiger charge is -2.17. The zero-order valence-corrected chi connectivity index (χ0v) is 14.4. The summed E-state index contributed by atoms with van der Waals surface area (Å²) < 4.78 is 0.700. The molecule has 8 heteroatoms. The van der Waals surface area contributed by atoms with Gasteiger partial charge in [0.25, 0.3) is 0 Å². The Labute approximate surface area is 138 Å². The standard InChI is InChI=1S/C14H20N4O2S2/c1-4-8-15-12(20)9(3)21-14-17-16-13(22-14)18(10-6-7-10)11(19)5-2/h4,9-10H,1,5-8H2,2-3H3,(H,15,20)/t9-/m1/s1. The van der Waals surface area contributed by atoms with Crippen LogP contribution in [0.25, 0.3) is 0 Å². The van der Waals surface area contributed by atoms with Crippen LogP contribution in [0.4, 0.5) is 5.13 Å². The Morgan fingerprint density at radius 3 is 2.86 bits per heavy atom. The lowest BCUT2D eigenvalue weighted by atomic mass is 10.4. The fourth-order valence-electron chi connectivity index (χ4n) is 1.84. The Morgan fingerprint density at radius 1 is 1.55 bits per heavy atom. The van der Waals surface area contributed by atoms with Gasteiger partial charge in [-0.15, -0.1) is 16.8 Å². The topological polar surface area (TPSA) is 75.2 Å². The van der Waals surface area contributed by atoms with E-state index in [0.717, 1.165) is 12.8 Å². The maximum Gasteiger partial charge on any atom is 0.233 e. The molecule has 2 amide bonds. The second kappa shape index (κ2) is 7.73. The van der Waals surface area contributed by atoms with E-state index in [1.807, 2.05) is 13.8 Å². The van der Waals surface area contributed by atoms with Crippen molar-refractivity contribution in [1.29, 1.82) is 0 Å². The molecular weight excluding hydrogens is 320 g/mol. The van der Waals surface area contributed by atoms with Gasteiger partial charge in [0, 0.05) is 19.0 Å². The Hall–Kier alpha value is -1.41. The van der Waals surface area contributed by atoms with Crippen LogP contribution in [0.15, 0.2) is 17.0 Å². The molecule has 1 aromatic heterocycles. The number of aromatic nitrogens is 2. The summed E-state index contributed by atoms with van der Waals surface area (Å²) in [6.07, 6.45) is 4.14. The van der Waals surface area contributed by atoms with Crippen LogP contribution in [0.1, 0.15) is 33.1 Å². The molecule has 0 aliphatic heterocycles. The number of thioether (sulfide) groups is 1. The number of anilines is 1. The van der Waals surface area contributed by atoms with E-state index in [-0.39, 0.29) is 23.1 Å². The summed E-state index contributed by atoms with van der Waals surface area (Å²) in [6.45, 7) is 7.68. The van der Waals surface area contributed by atoms with Crippen LogP contribution in [0, 0.1) is 0 Å². The van der Waals surface area contributed by atoms with E-state index in [1.165, 1.54) is 23.1 Å². The molecule has 1 heterocycles. The molecule has 1 atom stereocenters. The molecule has 1 fully saturated rings. The lowest BCUT2D eigenvalue weighted by Crippen LogP contribution is -2.32. The highest BCUT2D eigenvalue weighted by atomic mass is 32.2. The molecule has 0 bridgehead atoms. The first-order chi connectivity index (χ1) is 10.6. The third kappa shape index (κ3) is 4.30. The van der Waals surface area contributed by atoms with E-state index in [9.17, 15) is 9.59 Å². The van der Waals surface area contributed by atoms with Crippen molar-refractivity contribution in [1.82, 2.24) is 15.5 Å². The van der Waals surface area contributed by atoms with Gasteiger partial charge in [0.05, 0.1) is 5.25 Å². The molecule has 6 nitrogen and oxygen atoms in total. The largest absolute Gasteiger partial charge is 0.352 e. The average molecular weight is 340 g/mol. The van der Waals surface area contributed by atoms with Gasteiger partial charge in [-0.2, -0.15) is 0 Å². The van der Waals surface area contributed by atoms with Gasteiger partial charge in [0.15, 0.2) is 4.34 Å². The highest BCUT2D eigenvalue weighted by Gasteiger charge is 2.35. The summed E-state index contributed by atoms with van der Waals surface area (Å²) in [5, 5.41) is 11.3. The molecular formula is C14H20N4O2S2. The molecule has 2 rings (SSSR count). The van der Waals surface area contributed by atoms with Crippen LogP contribution >= 0.6 is 23.1 Å². The minimum atomic E-state index is -0.267. The molecule has 1 aliphatic rings. The normalized spacial score (nSPS) is 15.2. The predicted molar refractivity (Wildman–Crippen MR) is 89.2 cm³/mol. The van der Waals surface area contributed by atoms with Crippen LogP contribution in [0.2, 0.25) is 0 Å².